The number of carbonyl (C=O) groups is 1. The summed E-state index contributed by atoms with van der Waals surface area (Å²) in [5.74, 6) is 0.115. The predicted octanol–water partition coefficient (Wildman–Crippen LogP) is -0.445. The van der Waals surface area contributed by atoms with Gasteiger partial charge in [-0.1, -0.05) is 6.42 Å². The Kier molecular flexibility index (Phi) is 3.51. The number of amides is 1. The molecule has 0 aromatic carbocycles. The minimum absolute atomic E-state index is 0.0930. The van der Waals surface area contributed by atoms with Crippen LogP contribution in [0.1, 0.15) is 19.3 Å². The van der Waals surface area contributed by atoms with Crippen molar-refractivity contribution in [1.82, 2.24) is 20.1 Å². The maximum Gasteiger partial charge on any atom is 0.241 e. The number of carbonyl (C=O) groups excluding carboxylic acids is 1. The summed E-state index contributed by atoms with van der Waals surface area (Å²) in [6.45, 7) is 0.734. The lowest BCUT2D eigenvalue weighted by Gasteiger charge is -2.14. The summed E-state index contributed by atoms with van der Waals surface area (Å²) in [6.07, 6.45) is 5.53. The van der Waals surface area contributed by atoms with Crippen molar-refractivity contribution in [3.05, 3.63) is 12.7 Å². The van der Waals surface area contributed by atoms with Crippen LogP contribution in [-0.4, -0.2) is 38.4 Å². The summed E-state index contributed by atoms with van der Waals surface area (Å²) in [5, 5.41) is 16.2. The third-order valence-electron chi connectivity index (χ3n) is 2.95. The molecule has 2 atom stereocenters. The number of aromatic nitrogens is 3. The molecule has 1 aromatic rings. The van der Waals surface area contributed by atoms with E-state index < -0.39 is 0 Å². The average molecular weight is 224 g/mol. The fraction of sp³-hybridized carbons (Fsp3) is 0.700. The molecule has 1 aliphatic carbocycles. The lowest BCUT2D eigenvalue weighted by molar-refractivity contribution is -0.122. The van der Waals surface area contributed by atoms with E-state index in [0.29, 0.717) is 6.54 Å². The molecular weight excluding hydrogens is 208 g/mol. The number of aliphatic hydroxyl groups excluding tert-OH is 1. The highest BCUT2D eigenvalue weighted by molar-refractivity contribution is 5.75. The van der Waals surface area contributed by atoms with Crippen LogP contribution < -0.4 is 5.32 Å². The smallest absolute Gasteiger partial charge is 0.241 e. The zero-order valence-corrected chi connectivity index (χ0v) is 9.04. The van der Waals surface area contributed by atoms with Gasteiger partial charge in [-0.2, -0.15) is 5.10 Å². The average Bonchev–Trinajstić information content (AvgIpc) is 2.87. The first kappa shape index (κ1) is 11.1. The summed E-state index contributed by atoms with van der Waals surface area (Å²) in [4.78, 5) is 15.2. The molecule has 1 fully saturated rings. The number of nitrogens with one attached hydrogen (secondary N) is 1. The summed E-state index contributed by atoms with van der Waals surface area (Å²) >= 11 is 0. The van der Waals surface area contributed by atoms with Crippen molar-refractivity contribution >= 4 is 5.91 Å². The monoisotopic (exact) mass is 224 g/mol. The van der Waals surface area contributed by atoms with E-state index in [0.717, 1.165) is 19.3 Å². The molecule has 2 rings (SSSR count). The van der Waals surface area contributed by atoms with Gasteiger partial charge in [0.05, 0.1) is 6.10 Å². The van der Waals surface area contributed by atoms with Crippen molar-refractivity contribution in [3.63, 3.8) is 0 Å². The molecule has 0 bridgehead atoms. The van der Waals surface area contributed by atoms with Crippen LogP contribution >= 0.6 is 0 Å². The SMILES string of the molecule is O=C(Cn1cncn1)NCC1CCCC1O. The van der Waals surface area contributed by atoms with Crippen LogP contribution in [0.25, 0.3) is 0 Å². The van der Waals surface area contributed by atoms with Gasteiger partial charge in [-0.25, -0.2) is 9.67 Å². The highest BCUT2D eigenvalue weighted by Gasteiger charge is 2.25. The molecule has 16 heavy (non-hydrogen) atoms. The third-order valence-corrected chi connectivity index (χ3v) is 2.95. The number of nitrogens with zero attached hydrogens (tertiary/aromatic N) is 3. The zero-order chi connectivity index (χ0) is 11.4. The van der Waals surface area contributed by atoms with Gasteiger partial charge in [0, 0.05) is 12.5 Å². The molecule has 88 valence electrons. The maximum absolute atomic E-state index is 11.5. The van der Waals surface area contributed by atoms with Gasteiger partial charge in [0.2, 0.25) is 5.91 Å². The first-order valence-corrected chi connectivity index (χ1v) is 5.53. The minimum atomic E-state index is -0.258. The van der Waals surface area contributed by atoms with Gasteiger partial charge in [-0.05, 0) is 12.8 Å². The maximum atomic E-state index is 11.5. The van der Waals surface area contributed by atoms with E-state index in [1.165, 1.54) is 17.3 Å². The first-order valence-electron chi connectivity index (χ1n) is 5.53. The standard InChI is InChI=1S/C10H16N4O2/c15-9-3-1-2-8(9)4-12-10(16)5-14-7-11-6-13-14/h6-9,15H,1-5H2,(H,12,16). The number of aliphatic hydroxyl groups is 1. The van der Waals surface area contributed by atoms with Gasteiger partial charge >= 0.3 is 0 Å². The fourth-order valence-electron chi connectivity index (χ4n) is 2.02. The number of rotatable bonds is 4. The van der Waals surface area contributed by atoms with Crippen molar-refractivity contribution in [1.29, 1.82) is 0 Å². The van der Waals surface area contributed by atoms with Gasteiger partial charge in [0.25, 0.3) is 0 Å². The normalized spacial score (nSPS) is 24.6. The highest BCUT2D eigenvalue weighted by atomic mass is 16.3. The van der Waals surface area contributed by atoms with Crippen LogP contribution in [0.15, 0.2) is 12.7 Å². The lowest BCUT2D eigenvalue weighted by Crippen LogP contribution is -2.34. The molecule has 1 amide bonds. The molecule has 6 nitrogen and oxygen atoms in total. The van der Waals surface area contributed by atoms with E-state index in [-0.39, 0.29) is 24.5 Å². The Labute approximate surface area is 93.7 Å². The molecule has 0 spiro atoms. The van der Waals surface area contributed by atoms with Crippen LogP contribution in [-0.2, 0) is 11.3 Å². The van der Waals surface area contributed by atoms with E-state index in [9.17, 15) is 9.90 Å². The van der Waals surface area contributed by atoms with E-state index in [2.05, 4.69) is 15.4 Å². The van der Waals surface area contributed by atoms with Gasteiger partial charge in [-0.15, -0.1) is 0 Å². The largest absolute Gasteiger partial charge is 0.393 e. The van der Waals surface area contributed by atoms with Crippen molar-refractivity contribution in [2.75, 3.05) is 6.54 Å². The Morgan fingerprint density at radius 3 is 3.06 bits per heavy atom. The Balaban J connectivity index is 1.71. The van der Waals surface area contributed by atoms with Gasteiger partial charge < -0.3 is 10.4 Å². The molecule has 0 radical (unpaired) electrons. The third kappa shape index (κ3) is 2.79. The molecule has 2 N–H and O–H groups in total. The summed E-state index contributed by atoms with van der Waals surface area (Å²) in [5.41, 5.74) is 0. The summed E-state index contributed by atoms with van der Waals surface area (Å²) in [6, 6.07) is 0. The topological polar surface area (TPSA) is 80.0 Å². The first-order chi connectivity index (χ1) is 7.75. The van der Waals surface area contributed by atoms with Crippen LogP contribution in [0.3, 0.4) is 0 Å². The number of hydrogen-bond donors (Lipinski definition) is 2. The lowest BCUT2D eigenvalue weighted by atomic mass is 10.1. The van der Waals surface area contributed by atoms with Crippen molar-refractivity contribution < 1.29 is 9.90 Å². The minimum Gasteiger partial charge on any atom is -0.393 e. The van der Waals surface area contributed by atoms with Crippen molar-refractivity contribution in [2.24, 2.45) is 5.92 Å². The predicted molar refractivity (Wildman–Crippen MR) is 56.4 cm³/mol. The Bertz CT molecular complexity index is 339. The molecule has 6 heteroatoms. The second-order valence-corrected chi connectivity index (χ2v) is 4.16. The Morgan fingerprint density at radius 2 is 2.44 bits per heavy atom. The van der Waals surface area contributed by atoms with Gasteiger partial charge in [0.1, 0.15) is 19.2 Å². The Hall–Kier alpha value is -1.43. The summed E-state index contributed by atoms with van der Waals surface area (Å²) in [7, 11) is 0. The van der Waals surface area contributed by atoms with Crippen LogP contribution in [0.5, 0.6) is 0 Å². The van der Waals surface area contributed by atoms with E-state index in [1.54, 1.807) is 0 Å². The quantitative estimate of drug-likeness (QED) is 0.726. The molecule has 1 aromatic heterocycles. The van der Waals surface area contributed by atoms with Crippen LogP contribution in [0.4, 0.5) is 0 Å². The highest BCUT2D eigenvalue weighted by Crippen LogP contribution is 2.24. The molecule has 1 aliphatic rings. The van der Waals surface area contributed by atoms with Crippen molar-refractivity contribution in [3.8, 4) is 0 Å². The van der Waals surface area contributed by atoms with E-state index in [4.69, 9.17) is 0 Å². The second-order valence-electron chi connectivity index (χ2n) is 4.16. The van der Waals surface area contributed by atoms with E-state index >= 15 is 0 Å². The molecule has 1 heterocycles. The number of hydrogen-bond acceptors (Lipinski definition) is 4. The van der Waals surface area contributed by atoms with E-state index in [1.807, 2.05) is 0 Å². The second kappa shape index (κ2) is 5.07. The Morgan fingerprint density at radius 1 is 1.56 bits per heavy atom. The molecule has 0 aliphatic heterocycles. The van der Waals surface area contributed by atoms with Gasteiger partial charge in [0.15, 0.2) is 0 Å². The molecule has 2 unspecified atom stereocenters. The fourth-order valence-corrected chi connectivity index (χ4v) is 2.02. The van der Waals surface area contributed by atoms with Gasteiger partial charge in [-0.3, -0.25) is 4.79 Å². The van der Waals surface area contributed by atoms with Crippen molar-refractivity contribution in [2.45, 2.75) is 31.9 Å². The van der Waals surface area contributed by atoms with Crippen LogP contribution in [0, 0.1) is 5.92 Å². The zero-order valence-electron chi connectivity index (χ0n) is 9.04. The van der Waals surface area contributed by atoms with Crippen LogP contribution in [0.2, 0.25) is 0 Å². The molecule has 0 saturated heterocycles. The summed E-state index contributed by atoms with van der Waals surface area (Å²) < 4.78 is 1.47. The molecule has 1 saturated carbocycles. The molecular formula is C10H16N4O2.